The van der Waals surface area contributed by atoms with Crippen LogP contribution in [0.15, 0.2) is 26.7 Å². The Morgan fingerprint density at radius 3 is 2.72 bits per heavy atom. The molecule has 1 aliphatic rings. The molecule has 0 aliphatic carbocycles. The van der Waals surface area contributed by atoms with Crippen molar-refractivity contribution in [1.29, 1.82) is 0 Å². The van der Waals surface area contributed by atoms with E-state index in [9.17, 15) is 18.0 Å². The number of hydrogen-bond acceptors (Lipinski definition) is 7. The predicted octanol–water partition coefficient (Wildman–Crippen LogP) is -1.81. The predicted molar refractivity (Wildman–Crippen MR) is 92.1 cm³/mol. The molecular weight excluding hydrogens is 348 g/mol. The van der Waals surface area contributed by atoms with E-state index in [0.717, 1.165) is 38.9 Å². The zero-order chi connectivity index (χ0) is 17.9. The fourth-order valence-electron chi connectivity index (χ4n) is 2.70. The van der Waals surface area contributed by atoms with Crippen LogP contribution in [0.25, 0.3) is 11.0 Å². The molecule has 0 unspecified atom stereocenters. The Kier molecular flexibility index (Phi) is 5.27. The Morgan fingerprint density at radius 2 is 1.96 bits per heavy atom. The second-order valence-corrected chi connectivity index (χ2v) is 7.59. The van der Waals surface area contributed by atoms with Crippen LogP contribution in [-0.4, -0.2) is 67.5 Å². The molecule has 0 saturated carbocycles. The maximum absolute atomic E-state index is 12.3. The number of piperazine rings is 1. The van der Waals surface area contributed by atoms with Crippen LogP contribution in [0.2, 0.25) is 0 Å². The van der Waals surface area contributed by atoms with Crippen LogP contribution in [0.3, 0.4) is 0 Å². The van der Waals surface area contributed by atoms with E-state index in [1.807, 2.05) is 4.98 Å². The standard InChI is InChI=1S/C14H20N6O4S/c21-13-11-8-10(9-16-12(11)18-14(22)19-13)25(23,24)17-2-1-5-20-6-3-15-4-7-20/h8-9,15,17H,1-7H2,(H2,16,18,19,21,22). The van der Waals surface area contributed by atoms with Crippen LogP contribution in [0, 0.1) is 0 Å². The van der Waals surface area contributed by atoms with Gasteiger partial charge in [0, 0.05) is 38.9 Å². The molecule has 0 radical (unpaired) electrons. The van der Waals surface area contributed by atoms with Crippen LogP contribution in [0.1, 0.15) is 6.42 Å². The topological polar surface area (TPSA) is 140 Å². The number of nitrogens with one attached hydrogen (secondary N) is 4. The lowest BCUT2D eigenvalue weighted by Crippen LogP contribution is -2.44. The lowest BCUT2D eigenvalue weighted by Gasteiger charge is -2.27. The Balaban J connectivity index is 1.66. The number of hydrogen-bond donors (Lipinski definition) is 4. The third kappa shape index (κ3) is 4.31. The van der Waals surface area contributed by atoms with Gasteiger partial charge in [0.1, 0.15) is 10.5 Å². The quantitative estimate of drug-likeness (QED) is 0.440. The smallest absolute Gasteiger partial charge is 0.314 e. The summed E-state index contributed by atoms with van der Waals surface area (Å²) in [6, 6.07) is 1.20. The summed E-state index contributed by atoms with van der Waals surface area (Å²) in [5, 5.41) is 3.28. The first kappa shape index (κ1) is 17.7. The molecule has 1 saturated heterocycles. The van der Waals surface area contributed by atoms with Gasteiger partial charge >= 0.3 is 5.69 Å². The van der Waals surface area contributed by atoms with Crippen molar-refractivity contribution >= 4 is 21.1 Å². The van der Waals surface area contributed by atoms with E-state index in [-0.39, 0.29) is 15.9 Å². The number of aromatic nitrogens is 3. The largest absolute Gasteiger partial charge is 0.327 e. The molecule has 4 N–H and O–H groups in total. The summed E-state index contributed by atoms with van der Waals surface area (Å²) < 4.78 is 27.2. The molecule has 0 amide bonds. The van der Waals surface area contributed by atoms with Crippen molar-refractivity contribution in [2.24, 2.45) is 0 Å². The zero-order valence-corrected chi connectivity index (χ0v) is 14.4. The van der Waals surface area contributed by atoms with Crippen LogP contribution in [0.5, 0.6) is 0 Å². The number of H-pyrrole nitrogens is 2. The molecular formula is C14H20N6O4S. The van der Waals surface area contributed by atoms with E-state index in [2.05, 4.69) is 24.9 Å². The maximum atomic E-state index is 12.3. The normalized spacial score (nSPS) is 16.3. The van der Waals surface area contributed by atoms with Crippen LogP contribution < -0.4 is 21.3 Å². The van der Waals surface area contributed by atoms with Crippen molar-refractivity contribution in [2.75, 3.05) is 39.3 Å². The number of sulfonamides is 1. The summed E-state index contributed by atoms with van der Waals surface area (Å²) in [6.07, 6.45) is 1.81. The van der Waals surface area contributed by atoms with Gasteiger partial charge in [-0.2, -0.15) is 0 Å². The molecule has 2 aromatic heterocycles. The minimum absolute atomic E-state index is 0.0169. The Labute approximate surface area is 143 Å². The third-order valence-electron chi connectivity index (χ3n) is 4.03. The van der Waals surface area contributed by atoms with Crippen molar-refractivity contribution in [2.45, 2.75) is 11.3 Å². The molecule has 10 nitrogen and oxygen atoms in total. The van der Waals surface area contributed by atoms with Crippen LogP contribution in [-0.2, 0) is 10.0 Å². The highest BCUT2D eigenvalue weighted by molar-refractivity contribution is 7.89. The molecule has 1 aliphatic heterocycles. The molecule has 11 heteroatoms. The van der Waals surface area contributed by atoms with Crippen molar-refractivity contribution in [3.63, 3.8) is 0 Å². The summed E-state index contributed by atoms with van der Waals surface area (Å²) in [7, 11) is -3.77. The minimum Gasteiger partial charge on any atom is -0.314 e. The van der Waals surface area contributed by atoms with E-state index < -0.39 is 21.3 Å². The van der Waals surface area contributed by atoms with E-state index in [0.29, 0.717) is 13.0 Å². The fourth-order valence-corrected chi connectivity index (χ4v) is 3.75. The van der Waals surface area contributed by atoms with Crippen molar-refractivity contribution in [3.8, 4) is 0 Å². The fraction of sp³-hybridized carbons (Fsp3) is 0.500. The summed E-state index contributed by atoms with van der Waals surface area (Å²) in [5.41, 5.74) is -1.32. The van der Waals surface area contributed by atoms with Crippen LogP contribution >= 0.6 is 0 Å². The Hall–Kier alpha value is -2.08. The number of rotatable bonds is 6. The monoisotopic (exact) mass is 368 g/mol. The molecule has 3 heterocycles. The maximum Gasteiger partial charge on any atom is 0.327 e. The van der Waals surface area contributed by atoms with Gasteiger partial charge in [-0.05, 0) is 19.0 Å². The molecule has 25 heavy (non-hydrogen) atoms. The Bertz CT molecular complexity index is 961. The van der Waals surface area contributed by atoms with Crippen LogP contribution in [0.4, 0.5) is 0 Å². The first-order valence-electron chi connectivity index (χ1n) is 8.01. The average molecular weight is 368 g/mol. The highest BCUT2D eigenvalue weighted by Crippen LogP contribution is 2.11. The van der Waals surface area contributed by atoms with Crippen molar-refractivity contribution < 1.29 is 8.42 Å². The molecule has 0 spiro atoms. The van der Waals surface area contributed by atoms with E-state index >= 15 is 0 Å². The molecule has 0 bridgehead atoms. The lowest BCUT2D eigenvalue weighted by atomic mass is 10.3. The molecule has 2 aromatic rings. The SMILES string of the molecule is O=c1[nH]c(=O)c2cc(S(=O)(=O)NCCCN3CCNCC3)cnc2[nH]1. The zero-order valence-electron chi connectivity index (χ0n) is 13.5. The van der Waals surface area contributed by atoms with Gasteiger partial charge < -0.3 is 10.2 Å². The summed E-state index contributed by atoms with van der Waals surface area (Å²) in [4.78, 5) is 33.4. The van der Waals surface area contributed by atoms with Gasteiger partial charge in [0.05, 0.1) is 5.39 Å². The summed E-state index contributed by atoms with van der Waals surface area (Å²) in [5.74, 6) is 0. The van der Waals surface area contributed by atoms with Gasteiger partial charge in [-0.1, -0.05) is 0 Å². The summed E-state index contributed by atoms with van der Waals surface area (Å²) >= 11 is 0. The highest BCUT2D eigenvalue weighted by atomic mass is 32.2. The van der Waals surface area contributed by atoms with Gasteiger partial charge in [0.25, 0.3) is 5.56 Å². The minimum atomic E-state index is -3.77. The highest BCUT2D eigenvalue weighted by Gasteiger charge is 2.16. The average Bonchev–Trinajstić information content (AvgIpc) is 2.59. The number of fused-ring (bicyclic) bond motifs is 1. The van der Waals surface area contributed by atoms with Gasteiger partial charge in [-0.15, -0.1) is 0 Å². The molecule has 136 valence electrons. The van der Waals surface area contributed by atoms with Gasteiger partial charge in [-0.25, -0.2) is 22.9 Å². The lowest BCUT2D eigenvalue weighted by molar-refractivity contribution is 0.239. The van der Waals surface area contributed by atoms with E-state index in [1.165, 1.54) is 6.07 Å². The van der Waals surface area contributed by atoms with Crippen molar-refractivity contribution in [3.05, 3.63) is 33.1 Å². The number of pyridine rings is 1. The molecule has 0 atom stereocenters. The first-order chi connectivity index (χ1) is 12.0. The Morgan fingerprint density at radius 1 is 1.20 bits per heavy atom. The van der Waals surface area contributed by atoms with Gasteiger partial charge in [0.15, 0.2) is 0 Å². The third-order valence-corrected chi connectivity index (χ3v) is 5.46. The van der Waals surface area contributed by atoms with Gasteiger partial charge in [0.2, 0.25) is 10.0 Å². The van der Waals surface area contributed by atoms with E-state index in [1.54, 1.807) is 0 Å². The second kappa shape index (κ2) is 7.44. The molecule has 3 rings (SSSR count). The van der Waals surface area contributed by atoms with Crippen molar-refractivity contribution in [1.82, 2.24) is 29.9 Å². The van der Waals surface area contributed by atoms with Gasteiger partial charge in [-0.3, -0.25) is 14.8 Å². The van der Waals surface area contributed by atoms with E-state index in [4.69, 9.17) is 0 Å². The number of aromatic amines is 2. The summed E-state index contributed by atoms with van der Waals surface area (Å²) in [6.45, 7) is 4.94. The molecule has 1 fully saturated rings. The molecule has 0 aromatic carbocycles. The first-order valence-corrected chi connectivity index (χ1v) is 9.49. The number of nitrogens with zero attached hydrogens (tertiary/aromatic N) is 2. The second-order valence-electron chi connectivity index (χ2n) is 5.82.